The van der Waals surface area contributed by atoms with E-state index in [1.54, 1.807) is 0 Å². The predicted molar refractivity (Wildman–Crippen MR) is 61.9 cm³/mol. The van der Waals surface area contributed by atoms with Gasteiger partial charge in [0.1, 0.15) is 0 Å². The molecule has 0 radical (unpaired) electrons. The van der Waals surface area contributed by atoms with E-state index in [1.165, 1.54) is 0 Å². The Morgan fingerprint density at radius 1 is 1.60 bits per heavy atom. The molecule has 3 nitrogen and oxygen atoms in total. The second-order valence-corrected chi connectivity index (χ2v) is 4.98. The van der Waals surface area contributed by atoms with Crippen LogP contribution in [-0.2, 0) is 4.74 Å². The molecule has 1 aliphatic heterocycles. The van der Waals surface area contributed by atoms with Crippen LogP contribution in [0.25, 0.3) is 0 Å². The van der Waals surface area contributed by atoms with Gasteiger partial charge in [0.05, 0.1) is 18.8 Å². The van der Waals surface area contributed by atoms with Crippen LogP contribution in [-0.4, -0.2) is 36.5 Å². The van der Waals surface area contributed by atoms with Crippen molar-refractivity contribution in [1.82, 2.24) is 5.32 Å². The second kappa shape index (κ2) is 5.83. The Kier molecular flexibility index (Phi) is 5.03. The molecular weight excluding hydrogens is 190 g/mol. The molecular formula is C12H25NO2. The highest BCUT2D eigenvalue weighted by atomic mass is 16.5. The van der Waals surface area contributed by atoms with Crippen LogP contribution in [0, 0.1) is 5.92 Å². The highest BCUT2D eigenvalue weighted by Crippen LogP contribution is 2.26. The van der Waals surface area contributed by atoms with Gasteiger partial charge in [-0.2, -0.15) is 0 Å². The van der Waals surface area contributed by atoms with E-state index in [2.05, 4.69) is 19.2 Å². The van der Waals surface area contributed by atoms with Gasteiger partial charge in [0, 0.05) is 12.6 Å². The summed E-state index contributed by atoms with van der Waals surface area (Å²) in [5.41, 5.74) is -0.575. The number of hydrogen-bond donors (Lipinski definition) is 2. The Bertz CT molecular complexity index is 176. The maximum Gasteiger partial charge on any atom is 0.0660 e. The van der Waals surface area contributed by atoms with Crippen molar-refractivity contribution in [3.8, 4) is 0 Å². The summed E-state index contributed by atoms with van der Waals surface area (Å²) in [5, 5.41) is 13.8. The standard InChI is InChI=1S/C12H25NO2/c1-4-5-10(2)12(3,14)8-11-9-15-7-6-13-11/h10-11,13-14H,4-9H2,1-3H3. The van der Waals surface area contributed by atoms with Crippen LogP contribution < -0.4 is 5.32 Å². The molecule has 0 amide bonds. The maximum absolute atomic E-state index is 10.4. The van der Waals surface area contributed by atoms with Crippen molar-refractivity contribution in [2.75, 3.05) is 19.8 Å². The zero-order valence-electron chi connectivity index (χ0n) is 10.3. The summed E-state index contributed by atoms with van der Waals surface area (Å²) < 4.78 is 5.39. The highest BCUT2D eigenvalue weighted by Gasteiger charge is 2.31. The van der Waals surface area contributed by atoms with Gasteiger partial charge in [0.15, 0.2) is 0 Å². The van der Waals surface area contributed by atoms with Gasteiger partial charge >= 0.3 is 0 Å². The first kappa shape index (κ1) is 12.9. The van der Waals surface area contributed by atoms with Crippen LogP contribution in [0.3, 0.4) is 0 Å². The van der Waals surface area contributed by atoms with E-state index in [-0.39, 0.29) is 0 Å². The summed E-state index contributed by atoms with van der Waals surface area (Å²) in [6.07, 6.45) is 3.00. The summed E-state index contributed by atoms with van der Waals surface area (Å²) >= 11 is 0. The highest BCUT2D eigenvalue weighted by molar-refractivity contribution is 4.85. The lowest BCUT2D eigenvalue weighted by atomic mass is 9.82. The van der Waals surface area contributed by atoms with Crippen LogP contribution in [0.2, 0.25) is 0 Å². The van der Waals surface area contributed by atoms with E-state index in [9.17, 15) is 5.11 Å². The lowest BCUT2D eigenvalue weighted by Gasteiger charge is -2.35. The summed E-state index contributed by atoms with van der Waals surface area (Å²) in [4.78, 5) is 0. The second-order valence-electron chi connectivity index (χ2n) is 4.98. The minimum Gasteiger partial charge on any atom is -0.390 e. The molecule has 0 spiro atoms. The van der Waals surface area contributed by atoms with E-state index < -0.39 is 5.60 Å². The van der Waals surface area contributed by atoms with Crippen molar-refractivity contribution >= 4 is 0 Å². The molecule has 0 aromatic heterocycles. The normalized spacial score (nSPS) is 28.4. The molecule has 3 unspecified atom stereocenters. The number of aliphatic hydroxyl groups is 1. The van der Waals surface area contributed by atoms with E-state index in [4.69, 9.17) is 4.74 Å². The lowest BCUT2D eigenvalue weighted by molar-refractivity contribution is -0.0318. The average molecular weight is 215 g/mol. The zero-order chi connectivity index (χ0) is 11.3. The molecule has 15 heavy (non-hydrogen) atoms. The van der Waals surface area contributed by atoms with Crippen molar-refractivity contribution in [1.29, 1.82) is 0 Å². The fourth-order valence-corrected chi connectivity index (χ4v) is 2.19. The quantitative estimate of drug-likeness (QED) is 0.731. The van der Waals surface area contributed by atoms with Gasteiger partial charge in [-0.1, -0.05) is 20.3 Å². The molecule has 0 aromatic rings. The summed E-state index contributed by atoms with van der Waals surface area (Å²) in [5.74, 6) is 0.353. The molecule has 3 atom stereocenters. The smallest absolute Gasteiger partial charge is 0.0660 e. The Hall–Kier alpha value is -0.120. The minimum atomic E-state index is -0.575. The maximum atomic E-state index is 10.4. The van der Waals surface area contributed by atoms with Crippen LogP contribution in [0.5, 0.6) is 0 Å². The van der Waals surface area contributed by atoms with Crippen molar-refractivity contribution in [2.24, 2.45) is 5.92 Å². The van der Waals surface area contributed by atoms with Gasteiger partial charge in [0.25, 0.3) is 0 Å². The first-order valence-electron chi connectivity index (χ1n) is 6.09. The van der Waals surface area contributed by atoms with Crippen molar-refractivity contribution in [2.45, 2.75) is 51.7 Å². The van der Waals surface area contributed by atoms with Crippen LogP contribution >= 0.6 is 0 Å². The van der Waals surface area contributed by atoms with Gasteiger partial charge in [0.2, 0.25) is 0 Å². The number of hydrogen-bond acceptors (Lipinski definition) is 3. The molecule has 1 rings (SSSR count). The monoisotopic (exact) mass is 215 g/mol. The summed E-state index contributed by atoms with van der Waals surface area (Å²) in [6.45, 7) is 8.67. The first-order valence-corrected chi connectivity index (χ1v) is 6.09. The Balaban J connectivity index is 2.39. The van der Waals surface area contributed by atoms with Gasteiger partial charge in [-0.25, -0.2) is 0 Å². The van der Waals surface area contributed by atoms with E-state index in [0.29, 0.717) is 12.0 Å². The van der Waals surface area contributed by atoms with Crippen molar-refractivity contribution in [3.05, 3.63) is 0 Å². The largest absolute Gasteiger partial charge is 0.390 e. The number of rotatable bonds is 5. The molecule has 90 valence electrons. The molecule has 1 fully saturated rings. The predicted octanol–water partition coefficient (Wildman–Crippen LogP) is 1.55. The molecule has 2 N–H and O–H groups in total. The number of nitrogens with one attached hydrogen (secondary N) is 1. The molecule has 1 heterocycles. The molecule has 0 bridgehead atoms. The van der Waals surface area contributed by atoms with Gasteiger partial charge < -0.3 is 15.2 Å². The van der Waals surface area contributed by atoms with E-state index in [1.807, 2.05) is 6.92 Å². The van der Waals surface area contributed by atoms with Crippen LogP contribution in [0.4, 0.5) is 0 Å². The molecule has 0 aliphatic carbocycles. The van der Waals surface area contributed by atoms with Crippen LogP contribution in [0.15, 0.2) is 0 Å². The summed E-state index contributed by atoms with van der Waals surface area (Å²) in [6, 6.07) is 0.313. The fraction of sp³-hybridized carbons (Fsp3) is 1.00. The van der Waals surface area contributed by atoms with E-state index >= 15 is 0 Å². The van der Waals surface area contributed by atoms with Crippen molar-refractivity contribution in [3.63, 3.8) is 0 Å². The summed E-state index contributed by atoms with van der Waals surface area (Å²) in [7, 11) is 0. The van der Waals surface area contributed by atoms with Gasteiger partial charge in [-0.15, -0.1) is 0 Å². The molecule has 0 aromatic carbocycles. The zero-order valence-corrected chi connectivity index (χ0v) is 10.3. The minimum absolute atomic E-state index is 0.313. The molecule has 1 saturated heterocycles. The number of ether oxygens (including phenoxy) is 1. The fourth-order valence-electron chi connectivity index (χ4n) is 2.19. The molecule has 3 heteroatoms. The average Bonchev–Trinajstić information content (AvgIpc) is 2.19. The molecule has 1 aliphatic rings. The SMILES string of the molecule is CCCC(C)C(C)(O)CC1COCCN1. The topological polar surface area (TPSA) is 41.5 Å². The Morgan fingerprint density at radius 2 is 2.33 bits per heavy atom. The first-order chi connectivity index (χ1) is 7.06. The third-order valence-corrected chi connectivity index (χ3v) is 3.44. The lowest BCUT2D eigenvalue weighted by Crippen LogP contribution is -2.47. The van der Waals surface area contributed by atoms with Gasteiger partial charge in [-0.3, -0.25) is 0 Å². The van der Waals surface area contributed by atoms with Crippen molar-refractivity contribution < 1.29 is 9.84 Å². The number of morpholine rings is 1. The third-order valence-electron chi connectivity index (χ3n) is 3.44. The van der Waals surface area contributed by atoms with E-state index in [0.717, 1.165) is 39.0 Å². The van der Waals surface area contributed by atoms with Gasteiger partial charge in [-0.05, 0) is 25.7 Å². The third kappa shape index (κ3) is 4.09. The molecule has 0 saturated carbocycles. The Morgan fingerprint density at radius 3 is 2.87 bits per heavy atom. The van der Waals surface area contributed by atoms with Crippen LogP contribution in [0.1, 0.15) is 40.0 Å². The Labute approximate surface area is 93.2 Å².